The van der Waals surface area contributed by atoms with Crippen LogP contribution in [0.1, 0.15) is 28.6 Å². The Morgan fingerprint density at radius 3 is 2.86 bits per heavy atom. The topological polar surface area (TPSA) is 123 Å². The molecule has 5 aromatic rings. The quantitative estimate of drug-likeness (QED) is 0.354. The van der Waals surface area contributed by atoms with Crippen molar-refractivity contribution >= 4 is 50.1 Å². The van der Waals surface area contributed by atoms with Gasteiger partial charge in [-0.3, -0.25) is 5.10 Å². The lowest BCUT2D eigenvalue weighted by molar-refractivity contribution is 0.379. The van der Waals surface area contributed by atoms with E-state index >= 15 is 0 Å². The van der Waals surface area contributed by atoms with Gasteiger partial charge in [-0.2, -0.15) is 5.10 Å². The van der Waals surface area contributed by atoms with Gasteiger partial charge in [0.2, 0.25) is 5.65 Å². The summed E-state index contributed by atoms with van der Waals surface area (Å²) in [5.74, 6) is 2.63. The summed E-state index contributed by atoms with van der Waals surface area (Å²) < 4.78 is 6.35. The zero-order valence-electron chi connectivity index (χ0n) is 20.2. The van der Waals surface area contributed by atoms with Crippen LogP contribution >= 0.6 is 22.9 Å². The molecule has 1 aromatic carbocycles. The second-order valence-electron chi connectivity index (χ2n) is 9.93. The SMILES string of the molecule is Cc1cc(C2(CN)C3CCN(c4nc5n[nH]c(-c6ccc7nc(C)sc7c6Cl)c5nc4C)CC32)no1. The first-order valence-electron chi connectivity index (χ1n) is 12.1. The lowest BCUT2D eigenvalue weighted by Crippen LogP contribution is -2.33. The van der Waals surface area contributed by atoms with Crippen molar-refractivity contribution < 1.29 is 4.52 Å². The minimum absolute atomic E-state index is 0.109. The number of rotatable bonds is 4. The maximum absolute atomic E-state index is 6.80. The first-order valence-corrected chi connectivity index (χ1v) is 13.3. The van der Waals surface area contributed by atoms with Gasteiger partial charge in [0.1, 0.15) is 11.3 Å². The zero-order valence-corrected chi connectivity index (χ0v) is 21.7. The average molecular weight is 521 g/mol. The first-order chi connectivity index (χ1) is 17.4. The van der Waals surface area contributed by atoms with Gasteiger partial charge < -0.3 is 15.2 Å². The lowest BCUT2D eigenvalue weighted by atomic mass is 9.97. The second kappa shape index (κ2) is 7.71. The number of anilines is 1. The third-order valence-electron chi connectivity index (χ3n) is 7.98. The molecule has 184 valence electrons. The molecule has 1 saturated heterocycles. The number of fused-ring (bicyclic) bond motifs is 3. The van der Waals surface area contributed by atoms with Crippen LogP contribution in [0.25, 0.3) is 32.6 Å². The Balaban J connectivity index is 1.23. The van der Waals surface area contributed by atoms with Gasteiger partial charge >= 0.3 is 0 Å². The normalized spacial score (nSPS) is 23.5. The molecule has 0 bridgehead atoms. The fourth-order valence-corrected chi connectivity index (χ4v) is 7.43. The molecule has 2 fully saturated rings. The minimum Gasteiger partial charge on any atom is -0.361 e. The van der Waals surface area contributed by atoms with E-state index in [1.54, 1.807) is 11.3 Å². The third-order valence-corrected chi connectivity index (χ3v) is 9.49. The Bertz CT molecular complexity index is 1660. The number of nitrogens with one attached hydrogen (secondary N) is 1. The Labute approximate surface area is 216 Å². The zero-order chi connectivity index (χ0) is 24.8. The second-order valence-corrected chi connectivity index (χ2v) is 11.5. The molecule has 9 nitrogen and oxygen atoms in total. The molecule has 0 radical (unpaired) electrons. The first kappa shape index (κ1) is 22.1. The molecule has 1 saturated carbocycles. The molecule has 3 unspecified atom stereocenters. The summed E-state index contributed by atoms with van der Waals surface area (Å²) in [6, 6.07) is 5.99. The molecule has 1 aliphatic carbocycles. The van der Waals surface area contributed by atoms with Gasteiger partial charge in [-0.1, -0.05) is 16.8 Å². The third kappa shape index (κ3) is 3.01. The number of aromatic nitrogens is 6. The summed E-state index contributed by atoms with van der Waals surface area (Å²) >= 11 is 8.38. The van der Waals surface area contributed by atoms with E-state index in [1.807, 2.05) is 39.0 Å². The fourth-order valence-electron chi connectivity index (χ4n) is 6.20. The van der Waals surface area contributed by atoms with Crippen molar-refractivity contribution in [1.29, 1.82) is 0 Å². The van der Waals surface area contributed by atoms with Crippen LogP contribution < -0.4 is 10.6 Å². The van der Waals surface area contributed by atoms with Gasteiger partial charge in [0.05, 0.1) is 37.3 Å². The maximum Gasteiger partial charge on any atom is 0.202 e. The van der Waals surface area contributed by atoms with Crippen molar-refractivity contribution in [2.24, 2.45) is 17.6 Å². The van der Waals surface area contributed by atoms with Crippen molar-refractivity contribution in [3.8, 4) is 11.3 Å². The highest BCUT2D eigenvalue weighted by atomic mass is 35.5. The molecule has 3 N–H and O–H groups in total. The molecule has 0 amide bonds. The Morgan fingerprint density at radius 2 is 2.08 bits per heavy atom. The van der Waals surface area contributed by atoms with Crippen LogP contribution in [-0.4, -0.2) is 49.9 Å². The number of piperidine rings is 1. The van der Waals surface area contributed by atoms with Crippen LogP contribution in [0.4, 0.5) is 5.82 Å². The van der Waals surface area contributed by atoms with Gasteiger partial charge in [0.15, 0.2) is 5.82 Å². The van der Waals surface area contributed by atoms with Gasteiger partial charge in [-0.25, -0.2) is 15.0 Å². The summed E-state index contributed by atoms with van der Waals surface area (Å²) in [6.45, 7) is 8.24. The lowest BCUT2D eigenvalue weighted by Gasteiger charge is -2.28. The molecule has 11 heteroatoms. The highest BCUT2D eigenvalue weighted by molar-refractivity contribution is 7.19. The Kier molecular flexibility index (Phi) is 4.74. The smallest absolute Gasteiger partial charge is 0.202 e. The fraction of sp³-hybridized carbons (Fsp3) is 0.400. The molecule has 5 heterocycles. The van der Waals surface area contributed by atoms with Gasteiger partial charge in [-0.15, -0.1) is 11.3 Å². The van der Waals surface area contributed by atoms with E-state index in [-0.39, 0.29) is 5.41 Å². The van der Waals surface area contributed by atoms with E-state index in [0.717, 1.165) is 74.5 Å². The summed E-state index contributed by atoms with van der Waals surface area (Å²) in [6.07, 6.45) is 1.03. The largest absolute Gasteiger partial charge is 0.361 e. The van der Waals surface area contributed by atoms with Crippen molar-refractivity contribution in [3.63, 3.8) is 0 Å². The van der Waals surface area contributed by atoms with Crippen LogP contribution in [0.15, 0.2) is 22.7 Å². The summed E-state index contributed by atoms with van der Waals surface area (Å²) in [5.41, 5.74) is 11.9. The van der Waals surface area contributed by atoms with Crippen LogP contribution in [0.2, 0.25) is 5.02 Å². The number of benzene rings is 1. The highest BCUT2D eigenvalue weighted by Crippen LogP contribution is 2.62. The number of hydrogen-bond acceptors (Lipinski definition) is 9. The predicted molar refractivity (Wildman–Crippen MR) is 141 cm³/mol. The van der Waals surface area contributed by atoms with Crippen LogP contribution in [0.5, 0.6) is 0 Å². The number of nitrogens with two attached hydrogens (primary N) is 1. The van der Waals surface area contributed by atoms with Crippen molar-refractivity contribution in [3.05, 3.63) is 45.4 Å². The predicted octanol–water partition coefficient (Wildman–Crippen LogP) is 4.55. The monoisotopic (exact) mass is 520 g/mol. The molecular weight excluding hydrogens is 496 g/mol. The van der Waals surface area contributed by atoms with Crippen molar-refractivity contribution in [2.45, 2.75) is 32.6 Å². The average Bonchev–Trinajstić information content (AvgIpc) is 3.23. The van der Waals surface area contributed by atoms with Gasteiger partial charge in [0.25, 0.3) is 0 Å². The molecule has 4 aromatic heterocycles. The highest BCUT2D eigenvalue weighted by Gasteiger charge is 2.67. The van der Waals surface area contributed by atoms with E-state index in [0.29, 0.717) is 29.1 Å². The number of aromatic amines is 1. The Morgan fingerprint density at radius 1 is 1.22 bits per heavy atom. The van der Waals surface area contributed by atoms with E-state index in [1.165, 1.54) is 0 Å². The molecular formula is C25H25ClN8OS. The molecule has 36 heavy (non-hydrogen) atoms. The van der Waals surface area contributed by atoms with Gasteiger partial charge in [-0.05, 0) is 51.2 Å². The molecule has 0 spiro atoms. The number of thiazole rings is 1. The number of hydrogen-bond donors (Lipinski definition) is 2. The molecule has 1 aliphatic heterocycles. The van der Waals surface area contributed by atoms with Crippen molar-refractivity contribution in [2.75, 3.05) is 24.5 Å². The Hall–Kier alpha value is -3.08. The van der Waals surface area contributed by atoms with E-state index in [2.05, 4.69) is 25.2 Å². The summed E-state index contributed by atoms with van der Waals surface area (Å²) in [4.78, 5) is 16.8. The number of H-pyrrole nitrogens is 1. The van der Waals surface area contributed by atoms with Gasteiger partial charge in [0, 0.05) is 36.7 Å². The van der Waals surface area contributed by atoms with E-state index < -0.39 is 0 Å². The van der Waals surface area contributed by atoms with Crippen LogP contribution in [0, 0.1) is 32.6 Å². The summed E-state index contributed by atoms with van der Waals surface area (Å²) in [7, 11) is 0. The molecule has 2 aliphatic rings. The standard InChI is InChI=1S/C25H25ClN8OS/c1-11-8-18(33-35-11)25(10-27)15-6-7-34(9-16(15)25)24-12(2)28-21-20(31-32-23(21)30-24)14-4-5-17-22(19(14)26)36-13(3)29-17/h4-5,8,15-16H,6-7,9-10,27H2,1-3H3,(H,30,31,32). The van der Waals surface area contributed by atoms with Crippen molar-refractivity contribution in [1.82, 2.24) is 30.3 Å². The number of nitrogens with zero attached hydrogens (tertiary/aromatic N) is 6. The number of aryl methyl sites for hydroxylation is 3. The van der Waals surface area contributed by atoms with Crippen LogP contribution in [0.3, 0.4) is 0 Å². The molecule has 3 atom stereocenters. The molecule has 7 rings (SSSR count). The van der Waals surface area contributed by atoms with E-state index in [9.17, 15) is 0 Å². The number of halogens is 1. The minimum atomic E-state index is -0.109. The van der Waals surface area contributed by atoms with E-state index in [4.69, 9.17) is 31.8 Å². The summed E-state index contributed by atoms with van der Waals surface area (Å²) in [5, 5.41) is 13.6. The maximum atomic E-state index is 6.80. The van der Waals surface area contributed by atoms with Crippen LogP contribution in [-0.2, 0) is 5.41 Å².